The predicted octanol–water partition coefficient (Wildman–Crippen LogP) is 0.00520. The first-order valence-electron chi connectivity index (χ1n) is 5.49. The molecular weight excluding hydrogens is 252 g/mol. The molecule has 3 amide bonds. The Morgan fingerprint density at radius 2 is 2.16 bits per heavy atom. The Labute approximate surface area is 108 Å². The van der Waals surface area contributed by atoms with Crippen LogP contribution in [0.15, 0.2) is 12.5 Å². The summed E-state index contributed by atoms with van der Waals surface area (Å²) in [5.74, 6) is -1.63. The number of carboxylic acids is 1. The zero-order valence-electron chi connectivity index (χ0n) is 10.4. The number of carboxylic acid groups (broad SMARTS) is 1. The van der Waals surface area contributed by atoms with Gasteiger partial charge in [-0.2, -0.15) is 0 Å². The second kappa shape index (κ2) is 4.30. The van der Waals surface area contributed by atoms with Crippen molar-refractivity contribution in [3.8, 4) is 0 Å². The fourth-order valence-corrected chi connectivity index (χ4v) is 1.77. The van der Waals surface area contributed by atoms with Crippen LogP contribution in [0.2, 0.25) is 0 Å². The number of carbonyl (C=O) groups is 3. The van der Waals surface area contributed by atoms with Crippen molar-refractivity contribution in [2.75, 3.05) is 0 Å². The molecule has 0 atom stereocenters. The Morgan fingerprint density at radius 3 is 2.68 bits per heavy atom. The van der Waals surface area contributed by atoms with Crippen molar-refractivity contribution in [2.45, 2.75) is 25.9 Å². The van der Waals surface area contributed by atoms with Crippen molar-refractivity contribution in [3.05, 3.63) is 23.8 Å². The van der Waals surface area contributed by atoms with Gasteiger partial charge in [-0.1, -0.05) is 0 Å². The summed E-state index contributed by atoms with van der Waals surface area (Å²) in [7, 11) is 0. The summed E-state index contributed by atoms with van der Waals surface area (Å²) in [5, 5.41) is 11.5. The molecule has 0 radical (unpaired) electrons. The molecule has 0 bridgehead atoms. The maximum atomic E-state index is 12.0. The van der Waals surface area contributed by atoms with Gasteiger partial charge in [0.2, 0.25) is 0 Å². The van der Waals surface area contributed by atoms with Gasteiger partial charge < -0.3 is 10.4 Å². The molecule has 2 heterocycles. The van der Waals surface area contributed by atoms with E-state index in [2.05, 4.69) is 15.3 Å². The summed E-state index contributed by atoms with van der Waals surface area (Å²) in [5.41, 5.74) is -1.01. The maximum absolute atomic E-state index is 12.0. The van der Waals surface area contributed by atoms with Crippen LogP contribution in [0.4, 0.5) is 4.79 Å². The van der Waals surface area contributed by atoms with Crippen molar-refractivity contribution in [2.24, 2.45) is 0 Å². The highest BCUT2D eigenvalue weighted by Gasteiger charge is 2.44. The molecule has 1 aromatic rings. The van der Waals surface area contributed by atoms with Gasteiger partial charge >= 0.3 is 12.0 Å². The van der Waals surface area contributed by atoms with Gasteiger partial charge in [0.1, 0.15) is 17.4 Å². The van der Waals surface area contributed by atoms with Gasteiger partial charge in [-0.05, 0) is 13.8 Å². The molecule has 100 valence electrons. The molecule has 0 spiro atoms. The smallest absolute Gasteiger partial charge is 0.339 e. The van der Waals surface area contributed by atoms with Crippen molar-refractivity contribution in [1.82, 2.24) is 20.2 Å². The minimum Gasteiger partial charge on any atom is -0.478 e. The Morgan fingerprint density at radius 1 is 1.47 bits per heavy atom. The molecule has 1 fully saturated rings. The average Bonchev–Trinajstić information content (AvgIpc) is 2.52. The van der Waals surface area contributed by atoms with E-state index in [9.17, 15) is 14.4 Å². The second-order valence-electron chi connectivity index (χ2n) is 4.63. The topological polar surface area (TPSA) is 112 Å². The van der Waals surface area contributed by atoms with Crippen molar-refractivity contribution >= 4 is 17.9 Å². The number of hydrogen-bond acceptors (Lipinski definition) is 5. The summed E-state index contributed by atoms with van der Waals surface area (Å²) in [6.07, 6.45) is 2.31. The Hall–Kier alpha value is -2.51. The van der Waals surface area contributed by atoms with Crippen LogP contribution in [0.25, 0.3) is 0 Å². The van der Waals surface area contributed by atoms with Crippen molar-refractivity contribution in [1.29, 1.82) is 0 Å². The summed E-state index contributed by atoms with van der Waals surface area (Å²) in [4.78, 5) is 43.0. The monoisotopic (exact) mass is 264 g/mol. The quantitative estimate of drug-likeness (QED) is 0.743. The predicted molar refractivity (Wildman–Crippen MR) is 62.2 cm³/mol. The lowest BCUT2D eigenvalue weighted by atomic mass is 10.1. The molecular formula is C11H12N4O4. The number of nitrogens with zero attached hydrogens (tertiary/aromatic N) is 3. The van der Waals surface area contributed by atoms with Gasteiger partial charge in [0.25, 0.3) is 5.91 Å². The third kappa shape index (κ3) is 2.24. The molecule has 19 heavy (non-hydrogen) atoms. The number of carbonyl (C=O) groups excluding carboxylic acids is 2. The first-order valence-corrected chi connectivity index (χ1v) is 5.49. The molecule has 8 nitrogen and oxygen atoms in total. The lowest BCUT2D eigenvalue weighted by Crippen LogP contribution is -2.40. The van der Waals surface area contributed by atoms with E-state index < -0.39 is 23.4 Å². The molecule has 0 aromatic carbocycles. The van der Waals surface area contributed by atoms with E-state index in [-0.39, 0.29) is 17.8 Å². The largest absolute Gasteiger partial charge is 0.478 e. The number of imide groups is 1. The average molecular weight is 264 g/mol. The first-order chi connectivity index (χ1) is 8.83. The number of hydrogen-bond donors (Lipinski definition) is 2. The van der Waals surface area contributed by atoms with E-state index in [1.54, 1.807) is 13.8 Å². The molecule has 0 unspecified atom stereocenters. The molecule has 0 aliphatic carbocycles. The fraction of sp³-hybridized carbons (Fsp3) is 0.364. The number of urea groups is 1. The van der Waals surface area contributed by atoms with E-state index in [0.717, 1.165) is 11.1 Å². The van der Waals surface area contributed by atoms with Gasteiger partial charge in [0.15, 0.2) is 0 Å². The molecule has 1 aliphatic heterocycles. The lowest BCUT2D eigenvalue weighted by molar-refractivity contribution is -0.130. The number of nitrogens with one attached hydrogen (secondary N) is 1. The van der Waals surface area contributed by atoms with E-state index in [0.29, 0.717) is 0 Å². The summed E-state index contributed by atoms with van der Waals surface area (Å²) < 4.78 is 0. The number of amides is 3. The van der Waals surface area contributed by atoms with Crippen LogP contribution in [-0.2, 0) is 11.3 Å². The Bertz CT molecular complexity index is 570. The van der Waals surface area contributed by atoms with Crippen LogP contribution >= 0.6 is 0 Å². The highest BCUT2D eigenvalue weighted by Crippen LogP contribution is 2.19. The van der Waals surface area contributed by atoms with Crippen LogP contribution in [0.1, 0.15) is 29.9 Å². The minimum absolute atomic E-state index is 0.115. The van der Waals surface area contributed by atoms with E-state index in [1.807, 2.05) is 0 Å². The normalized spacial score (nSPS) is 17.5. The third-order valence-corrected chi connectivity index (χ3v) is 2.78. The second-order valence-corrected chi connectivity index (χ2v) is 4.63. The number of aromatic carboxylic acids is 1. The summed E-state index contributed by atoms with van der Waals surface area (Å²) >= 11 is 0. The molecule has 1 aliphatic rings. The standard InChI is InChI=1S/C11H12N4O4/c1-11(2)9(18)15(10(19)14-11)4-7-6(8(16)17)3-12-5-13-7/h3,5H,4H2,1-2H3,(H,14,19)(H,16,17). The zero-order chi connectivity index (χ0) is 14.2. The zero-order valence-corrected chi connectivity index (χ0v) is 10.4. The van der Waals surface area contributed by atoms with E-state index in [1.165, 1.54) is 6.33 Å². The van der Waals surface area contributed by atoms with Gasteiger partial charge in [-0.25, -0.2) is 19.6 Å². The molecule has 1 aromatic heterocycles. The van der Waals surface area contributed by atoms with Crippen LogP contribution in [0.5, 0.6) is 0 Å². The third-order valence-electron chi connectivity index (χ3n) is 2.78. The summed E-state index contributed by atoms with van der Waals surface area (Å²) in [6, 6.07) is -0.565. The number of aromatic nitrogens is 2. The first kappa shape index (κ1) is 12.9. The fourth-order valence-electron chi connectivity index (χ4n) is 1.77. The minimum atomic E-state index is -1.21. The van der Waals surface area contributed by atoms with Gasteiger partial charge in [0, 0.05) is 6.20 Å². The highest BCUT2D eigenvalue weighted by molar-refractivity contribution is 6.06. The van der Waals surface area contributed by atoms with Crippen molar-refractivity contribution in [3.63, 3.8) is 0 Å². The molecule has 1 saturated heterocycles. The van der Waals surface area contributed by atoms with Crippen molar-refractivity contribution < 1.29 is 19.5 Å². The van der Waals surface area contributed by atoms with Crippen LogP contribution < -0.4 is 5.32 Å². The molecule has 8 heteroatoms. The highest BCUT2D eigenvalue weighted by atomic mass is 16.4. The van der Waals surface area contributed by atoms with E-state index >= 15 is 0 Å². The molecule has 2 N–H and O–H groups in total. The van der Waals surface area contributed by atoms with Gasteiger partial charge in [-0.15, -0.1) is 0 Å². The Balaban J connectivity index is 2.30. The summed E-state index contributed by atoms with van der Waals surface area (Å²) in [6.45, 7) is 2.95. The van der Waals surface area contributed by atoms with Crippen LogP contribution in [-0.4, -0.2) is 43.4 Å². The lowest BCUT2D eigenvalue weighted by Gasteiger charge is -2.16. The Kier molecular flexibility index (Phi) is 2.93. The van der Waals surface area contributed by atoms with Crippen LogP contribution in [0.3, 0.4) is 0 Å². The SMILES string of the molecule is CC1(C)NC(=O)N(Cc2ncncc2C(=O)O)C1=O. The maximum Gasteiger partial charge on any atom is 0.339 e. The number of rotatable bonds is 3. The molecule has 2 rings (SSSR count). The molecule has 0 saturated carbocycles. The van der Waals surface area contributed by atoms with Gasteiger partial charge in [-0.3, -0.25) is 9.69 Å². The van der Waals surface area contributed by atoms with E-state index in [4.69, 9.17) is 5.11 Å². The van der Waals surface area contributed by atoms with Gasteiger partial charge in [0.05, 0.1) is 12.2 Å². The van der Waals surface area contributed by atoms with Crippen LogP contribution in [0, 0.1) is 0 Å².